The summed E-state index contributed by atoms with van der Waals surface area (Å²) in [5, 5.41) is 2.66. The molecule has 0 aliphatic rings. The Kier molecular flexibility index (Phi) is 3.64. The van der Waals surface area contributed by atoms with E-state index in [1.165, 1.54) is 44.3 Å². The Labute approximate surface area is 149 Å². The van der Waals surface area contributed by atoms with Crippen LogP contribution in [0.2, 0.25) is 0 Å². The van der Waals surface area contributed by atoms with Gasteiger partial charge in [-0.1, -0.05) is 32.0 Å². The molecular formula is C23H25N2+. The average Bonchev–Trinajstić information content (AvgIpc) is 2.89. The SMILES string of the molecule is Cc1ccc2c3ccc(C(C)C)c(C)c3n(-c3cccc[n+]3C)c2c1. The molecule has 2 heteroatoms. The Bertz CT molecular complexity index is 1100. The number of hydrogen-bond donors (Lipinski definition) is 0. The third-order valence-electron chi connectivity index (χ3n) is 5.26. The Balaban J connectivity index is 2.26. The third kappa shape index (κ3) is 2.36. The molecule has 0 spiro atoms. The van der Waals surface area contributed by atoms with Gasteiger partial charge in [0.15, 0.2) is 0 Å². The summed E-state index contributed by atoms with van der Waals surface area (Å²) < 4.78 is 4.63. The van der Waals surface area contributed by atoms with Crippen molar-refractivity contribution in [2.75, 3.05) is 0 Å². The molecule has 0 saturated heterocycles. The zero-order valence-corrected chi connectivity index (χ0v) is 15.7. The number of rotatable bonds is 2. The Morgan fingerprint density at radius 2 is 1.68 bits per heavy atom. The van der Waals surface area contributed by atoms with Crippen LogP contribution < -0.4 is 4.57 Å². The fourth-order valence-electron chi connectivity index (χ4n) is 4.01. The maximum Gasteiger partial charge on any atom is 0.286 e. The topological polar surface area (TPSA) is 8.81 Å². The first-order chi connectivity index (χ1) is 12.0. The largest absolute Gasteiger partial charge is 0.286 e. The van der Waals surface area contributed by atoms with Crippen molar-refractivity contribution in [1.82, 2.24) is 4.57 Å². The van der Waals surface area contributed by atoms with Crippen LogP contribution in [-0.2, 0) is 7.05 Å². The van der Waals surface area contributed by atoms with Crippen molar-refractivity contribution >= 4 is 21.8 Å². The van der Waals surface area contributed by atoms with Crippen LogP contribution in [-0.4, -0.2) is 4.57 Å². The molecule has 0 unspecified atom stereocenters. The summed E-state index contributed by atoms with van der Waals surface area (Å²) in [5.74, 6) is 1.71. The molecule has 4 aromatic rings. The highest BCUT2D eigenvalue weighted by Gasteiger charge is 2.23. The minimum absolute atomic E-state index is 0.516. The van der Waals surface area contributed by atoms with Crippen molar-refractivity contribution in [2.24, 2.45) is 7.05 Å². The van der Waals surface area contributed by atoms with Crippen molar-refractivity contribution < 1.29 is 4.57 Å². The summed E-state index contributed by atoms with van der Waals surface area (Å²) in [6.07, 6.45) is 2.12. The lowest BCUT2D eigenvalue weighted by Crippen LogP contribution is -2.33. The van der Waals surface area contributed by atoms with Gasteiger partial charge in [0.2, 0.25) is 0 Å². The van der Waals surface area contributed by atoms with Crippen LogP contribution >= 0.6 is 0 Å². The predicted octanol–water partition coefficient (Wildman–Crippen LogP) is 5.35. The van der Waals surface area contributed by atoms with Crippen LogP contribution in [0, 0.1) is 13.8 Å². The minimum Gasteiger partial charge on any atom is -0.237 e. The second-order valence-electron chi connectivity index (χ2n) is 7.36. The highest BCUT2D eigenvalue weighted by Crippen LogP contribution is 2.36. The fraction of sp³-hybridized carbons (Fsp3) is 0.261. The molecule has 126 valence electrons. The summed E-state index contributed by atoms with van der Waals surface area (Å²) in [6.45, 7) is 8.98. The van der Waals surface area contributed by atoms with E-state index in [9.17, 15) is 0 Å². The highest BCUT2D eigenvalue weighted by atomic mass is 15.1. The van der Waals surface area contributed by atoms with Crippen molar-refractivity contribution in [3.63, 3.8) is 0 Å². The monoisotopic (exact) mass is 329 g/mol. The van der Waals surface area contributed by atoms with Gasteiger partial charge >= 0.3 is 0 Å². The van der Waals surface area contributed by atoms with Crippen LogP contribution in [0.25, 0.3) is 27.6 Å². The summed E-state index contributed by atoms with van der Waals surface area (Å²) in [4.78, 5) is 0. The molecule has 0 radical (unpaired) electrons. The Morgan fingerprint density at radius 1 is 0.920 bits per heavy atom. The lowest BCUT2D eigenvalue weighted by Gasteiger charge is -2.11. The lowest BCUT2D eigenvalue weighted by atomic mass is 9.95. The number of benzene rings is 2. The van der Waals surface area contributed by atoms with E-state index in [1.54, 1.807) is 0 Å². The van der Waals surface area contributed by atoms with Crippen molar-refractivity contribution in [1.29, 1.82) is 0 Å². The maximum absolute atomic E-state index is 2.43. The van der Waals surface area contributed by atoms with E-state index in [4.69, 9.17) is 0 Å². The smallest absolute Gasteiger partial charge is 0.237 e. The van der Waals surface area contributed by atoms with E-state index in [2.05, 4.69) is 98.6 Å². The van der Waals surface area contributed by atoms with Crippen molar-refractivity contribution in [3.8, 4) is 5.82 Å². The molecular weight excluding hydrogens is 304 g/mol. The van der Waals surface area contributed by atoms with Gasteiger partial charge < -0.3 is 0 Å². The molecule has 0 N–H and O–H groups in total. The molecule has 2 heterocycles. The van der Waals surface area contributed by atoms with Gasteiger partial charge in [-0.25, -0.2) is 4.57 Å². The lowest BCUT2D eigenvalue weighted by molar-refractivity contribution is -0.665. The van der Waals surface area contributed by atoms with E-state index in [-0.39, 0.29) is 0 Å². The molecule has 0 aliphatic carbocycles. The molecule has 0 fully saturated rings. The Morgan fingerprint density at radius 3 is 2.40 bits per heavy atom. The normalized spacial score (nSPS) is 11.8. The van der Waals surface area contributed by atoms with Crippen LogP contribution in [0.3, 0.4) is 0 Å². The molecule has 25 heavy (non-hydrogen) atoms. The van der Waals surface area contributed by atoms with Gasteiger partial charge in [0.05, 0.1) is 13.2 Å². The fourth-order valence-corrected chi connectivity index (χ4v) is 4.01. The summed E-state index contributed by atoms with van der Waals surface area (Å²) in [7, 11) is 2.12. The van der Waals surface area contributed by atoms with Crippen molar-refractivity contribution in [3.05, 3.63) is 71.4 Å². The number of hydrogen-bond acceptors (Lipinski definition) is 0. The van der Waals surface area contributed by atoms with Crippen LogP contribution in [0.5, 0.6) is 0 Å². The molecule has 0 aliphatic heterocycles. The summed E-state index contributed by atoms with van der Waals surface area (Å²) in [6, 6.07) is 17.8. The molecule has 0 saturated carbocycles. The zero-order valence-electron chi connectivity index (χ0n) is 15.7. The predicted molar refractivity (Wildman–Crippen MR) is 106 cm³/mol. The first kappa shape index (κ1) is 15.9. The minimum atomic E-state index is 0.516. The van der Waals surface area contributed by atoms with Crippen LogP contribution in [0.4, 0.5) is 0 Å². The highest BCUT2D eigenvalue weighted by molar-refractivity contribution is 6.10. The van der Waals surface area contributed by atoms with Crippen LogP contribution in [0.1, 0.15) is 36.5 Å². The second-order valence-corrected chi connectivity index (χ2v) is 7.36. The number of aryl methyl sites for hydroxylation is 3. The van der Waals surface area contributed by atoms with E-state index in [1.807, 2.05) is 0 Å². The van der Waals surface area contributed by atoms with Gasteiger partial charge in [-0.05, 0) is 55.2 Å². The van der Waals surface area contributed by atoms with Gasteiger partial charge in [-0.15, -0.1) is 0 Å². The molecule has 2 aromatic carbocycles. The quantitative estimate of drug-likeness (QED) is 0.438. The number of fused-ring (bicyclic) bond motifs is 3. The summed E-state index contributed by atoms with van der Waals surface area (Å²) in [5.41, 5.74) is 6.70. The molecule has 0 amide bonds. The van der Waals surface area contributed by atoms with Gasteiger partial charge in [0.25, 0.3) is 5.82 Å². The standard InChI is InChI=1S/C23H25N2/c1-15(2)18-11-12-20-19-10-9-16(3)14-21(19)25(23(20)17(18)4)22-8-6-7-13-24(22)5/h6-15H,1-5H3/q+1. The van der Waals surface area contributed by atoms with Gasteiger partial charge in [0, 0.05) is 22.4 Å². The summed E-state index contributed by atoms with van der Waals surface area (Å²) >= 11 is 0. The second kappa shape index (κ2) is 5.73. The van der Waals surface area contributed by atoms with Crippen molar-refractivity contribution in [2.45, 2.75) is 33.6 Å². The zero-order chi connectivity index (χ0) is 17.7. The first-order valence-electron chi connectivity index (χ1n) is 8.98. The van der Waals surface area contributed by atoms with E-state index >= 15 is 0 Å². The number of aromatic nitrogens is 2. The molecule has 0 atom stereocenters. The van der Waals surface area contributed by atoms with E-state index in [0.29, 0.717) is 5.92 Å². The van der Waals surface area contributed by atoms with Gasteiger partial charge in [-0.2, -0.15) is 4.57 Å². The molecule has 2 aromatic heterocycles. The van der Waals surface area contributed by atoms with Crippen LogP contribution in [0.15, 0.2) is 54.7 Å². The Hall–Kier alpha value is -2.61. The van der Waals surface area contributed by atoms with Gasteiger partial charge in [-0.3, -0.25) is 0 Å². The molecule has 4 rings (SSSR count). The first-order valence-corrected chi connectivity index (χ1v) is 8.98. The number of pyridine rings is 1. The molecule has 2 nitrogen and oxygen atoms in total. The molecule has 0 bridgehead atoms. The van der Waals surface area contributed by atoms with E-state index < -0.39 is 0 Å². The third-order valence-corrected chi connectivity index (χ3v) is 5.26. The van der Waals surface area contributed by atoms with E-state index in [0.717, 1.165) is 0 Å². The number of nitrogens with zero attached hydrogens (tertiary/aromatic N) is 2. The van der Waals surface area contributed by atoms with Gasteiger partial charge in [0.1, 0.15) is 11.0 Å². The average molecular weight is 329 g/mol. The maximum atomic E-state index is 2.43.